The fourth-order valence-corrected chi connectivity index (χ4v) is 2.41. The predicted molar refractivity (Wildman–Crippen MR) is 79.8 cm³/mol. The van der Waals surface area contributed by atoms with Crippen molar-refractivity contribution in [2.75, 3.05) is 0 Å². The fourth-order valence-electron chi connectivity index (χ4n) is 1.74. The number of hydrazine groups is 1. The van der Waals surface area contributed by atoms with Gasteiger partial charge in [0, 0.05) is 10.7 Å². The summed E-state index contributed by atoms with van der Waals surface area (Å²) in [6.45, 7) is 0. The van der Waals surface area contributed by atoms with E-state index < -0.39 is 0 Å². The molecule has 1 aromatic heterocycles. The number of nitrogens with one attached hydrogen (secondary N) is 1. The van der Waals surface area contributed by atoms with Crippen LogP contribution >= 0.6 is 31.9 Å². The standard InChI is InChI=1S/C13H12Br2FN3/c14-9-2-4-12(18-7-9)13(19-17)6-8-1-3-11(16)10(15)5-8/h1-5,7,13,19H,6,17H2. The molecule has 100 valence electrons. The van der Waals surface area contributed by atoms with Crippen LogP contribution in [-0.4, -0.2) is 4.98 Å². The van der Waals surface area contributed by atoms with E-state index in [0.717, 1.165) is 15.7 Å². The topological polar surface area (TPSA) is 50.9 Å². The van der Waals surface area contributed by atoms with Gasteiger partial charge in [0.15, 0.2) is 0 Å². The SMILES string of the molecule is NNC(Cc1ccc(F)c(Br)c1)c1ccc(Br)cn1. The summed E-state index contributed by atoms with van der Waals surface area (Å²) >= 11 is 6.51. The van der Waals surface area contributed by atoms with Gasteiger partial charge in [0.1, 0.15) is 5.82 Å². The van der Waals surface area contributed by atoms with Crippen LogP contribution in [0.15, 0.2) is 45.5 Å². The molecule has 6 heteroatoms. The lowest BCUT2D eigenvalue weighted by Crippen LogP contribution is -2.30. The predicted octanol–water partition coefficient (Wildman–Crippen LogP) is 3.49. The van der Waals surface area contributed by atoms with Crippen molar-refractivity contribution in [1.82, 2.24) is 10.4 Å². The number of rotatable bonds is 4. The van der Waals surface area contributed by atoms with Crippen LogP contribution in [-0.2, 0) is 6.42 Å². The summed E-state index contributed by atoms with van der Waals surface area (Å²) in [4.78, 5) is 4.31. The van der Waals surface area contributed by atoms with Gasteiger partial charge in [-0.1, -0.05) is 6.07 Å². The highest BCUT2D eigenvalue weighted by Gasteiger charge is 2.12. The van der Waals surface area contributed by atoms with Gasteiger partial charge in [0.2, 0.25) is 0 Å². The van der Waals surface area contributed by atoms with Crippen molar-refractivity contribution in [1.29, 1.82) is 0 Å². The van der Waals surface area contributed by atoms with Gasteiger partial charge in [-0.3, -0.25) is 16.3 Å². The number of aromatic nitrogens is 1. The summed E-state index contributed by atoms with van der Waals surface area (Å²) in [5, 5.41) is 0. The highest BCUT2D eigenvalue weighted by Crippen LogP contribution is 2.22. The van der Waals surface area contributed by atoms with Gasteiger partial charge in [0.05, 0.1) is 16.2 Å². The van der Waals surface area contributed by atoms with Crippen molar-refractivity contribution in [3.63, 3.8) is 0 Å². The molecule has 19 heavy (non-hydrogen) atoms. The van der Waals surface area contributed by atoms with Crippen molar-refractivity contribution in [3.8, 4) is 0 Å². The number of hydrogen-bond acceptors (Lipinski definition) is 3. The number of pyridine rings is 1. The molecular weight excluding hydrogens is 377 g/mol. The van der Waals surface area contributed by atoms with Gasteiger partial charge in [-0.15, -0.1) is 0 Å². The zero-order valence-electron chi connectivity index (χ0n) is 9.91. The first kappa shape index (κ1) is 14.6. The third-order valence-corrected chi connectivity index (χ3v) is 3.81. The van der Waals surface area contributed by atoms with E-state index in [0.29, 0.717) is 10.9 Å². The maximum atomic E-state index is 13.2. The van der Waals surface area contributed by atoms with Crippen molar-refractivity contribution in [2.45, 2.75) is 12.5 Å². The quantitative estimate of drug-likeness (QED) is 0.622. The van der Waals surface area contributed by atoms with Gasteiger partial charge in [-0.25, -0.2) is 4.39 Å². The van der Waals surface area contributed by atoms with Crippen LogP contribution in [0.1, 0.15) is 17.3 Å². The molecule has 1 atom stereocenters. The van der Waals surface area contributed by atoms with E-state index in [1.165, 1.54) is 6.07 Å². The van der Waals surface area contributed by atoms with Crippen LogP contribution in [0.3, 0.4) is 0 Å². The summed E-state index contributed by atoms with van der Waals surface area (Å²) in [6, 6.07) is 8.61. The molecule has 3 N–H and O–H groups in total. The Labute approximate surface area is 127 Å². The Hall–Kier alpha value is -0.820. The number of nitrogens with two attached hydrogens (primary N) is 1. The van der Waals surface area contributed by atoms with Crippen LogP contribution in [0.25, 0.3) is 0 Å². The minimum Gasteiger partial charge on any atom is -0.271 e. The van der Waals surface area contributed by atoms with E-state index in [4.69, 9.17) is 5.84 Å². The van der Waals surface area contributed by atoms with E-state index in [1.54, 1.807) is 18.3 Å². The lowest BCUT2D eigenvalue weighted by Gasteiger charge is -2.15. The summed E-state index contributed by atoms with van der Waals surface area (Å²) in [6.07, 6.45) is 2.35. The molecule has 1 unspecified atom stereocenters. The molecule has 1 heterocycles. The van der Waals surface area contributed by atoms with Gasteiger partial charge in [-0.05, 0) is 68.1 Å². The zero-order chi connectivity index (χ0) is 13.8. The molecule has 2 aromatic rings. The Kier molecular flexibility index (Phi) is 5.04. The Bertz CT molecular complexity index is 560. The molecule has 0 saturated carbocycles. The van der Waals surface area contributed by atoms with Gasteiger partial charge in [0.25, 0.3) is 0 Å². The first-order valence-corrected chi connectivity index (χ1v) is 7.20. The molecule has 0 spiro atoms. The average Bonchev–Trinajstić information content (AvgIpc) is 2.41. The molecule has 0 radical (unpaired) electrons. The summed E-state index contributed by atoms with van der Waals surface area (Å²) in [5.41, 5.74) is 4.55. The molecule has 0 aliphatic heterocycles. The summed E-state index contributed by atoms with van der Waals surface area (Å²) in [7, 11) is 0. The molecule has 1 aromatic carbocycles. The van der Waals surface area contributed by atoms with E-state index >= 15 is 0 Å². The van der Waals surface area contributed by atoms with Crippen molar-refractivity contribution >= 4 is 31.9 Å². The highest BCUT2D eigenvalue weighted by molar-refractivity contribution is 9.10. The molecule has 0 aliphatic carbocycles. The third-order valence-electron chi connectivity index (χ3n) is 2.73. The molecular formula is C13H12Br2FN3. The van der Waals surface area contributed by atoms with Crippen LogP contribution in [0.4, 0.5) is 4.39 Å². The molecule has 0 saturated heterocycles. The van der Waals surface area contributed by atoms with Gasteiger partial charge < -0.3 is 0 Å². The van der Waals surface area contributed by atoms with Gasteiger partial charge in [-0.2, -0.15) is 0 Å². The van der Waals surface area contributed by atoms with Crippen LogP contribution < -0.4 is 11.3 Å². The third kappa shape index (κ3) is 3.82. The second-order valence-corrected chi connectivity index (χ2v) is 5.84. The van der Waals surface area contributed by atoms with E-state index in [9.17, 15) is 4.39 Å². The highest BCUT2D eigenvalue weighted by atomic mass is 79.9. The van der Waals surface area contributed by atoms with Crippen LogP contribution in [0.5, 0.6) is 0 Å². The number of hydrogen-bond donors (Lipinski definition) is 2. The minimum absolute atomic E-state index is 0.120. The Balaban J connectivity index is 2.18. The van der Waals surface area contributed by atoms with Crippen molar-refractivity contribution < 1.29 is 4.39 Å². The monoisotopic (exact) mass is 387 g/mol. The fraction of sp³-hybridized carbons (Fsp3) is 0.154. The van der Waals surface area contributed by atoms with E-state index in [-0.39, 0.29) is 11.9 Å². The van der Waals surface area contributed by atoms with Gasteiger partial charge >= 0.3 is 0 Å². The molecule has 0 bridgehead atoms. The normalized spacial score (nSPS) is 12.4. The smallest absolute Gasteiger partial charge is 0.137 e. The first-order valence-electron chi connectivity index (χ1n) is 5.61. The molecule has 0 amide bonds. The van der Waals surface area contributed by atoms with Crippen LogP contribution in [0, 0.1) is 5.82 Å². The summed E-state index contributed by atoms with van der Waals surface area (Å²) < 4.78 is 14.5. The van der Waals surface area contributed by atoms with Crippen LogP contribution in [0.2, 0.25) is 0 Å². The van der Waals surface area contributed by atoms with E-state index in [1.807, 2.05) is 12.1 Å². The Morgan fingerprint density at radius 2 is 2.05 bits per heavy atom. The Morgan fingerprint density at radius 1 is 1.26 bits per heavy atom. The number of benzene rings is 1. The largest absolute Gasteiger partial charge is 0.271 e. The molecule has 0 fully saturated rings. The maximum Gasteiger partial charge on any atom is 0.137 e. The second-order valence-electron chi connectivity index (χ2n) is 4.07. The van der Waals surface area contributed by atoms with Crippen molar-refractivity contribution in [2.24, 2.45) is 5.84 Å². The second kappa shape index (κ2) is 6.56. The molecule has 0 aliphatic rings. The Morgan fingerprint density at radius 3 is 2.63 bits per heavy atom. The number of halogens is 3. The summed E-state index contributed by atoms with van der Waals surface area (Å²) in [5.74, 6) is 5.30. The average molecular weight is 389 g/mol. The lowest BCUT2D eigenvalue weighted by molar-refractivity contribution is 0.537. The minimum atomic E-state index is -0.275. The maximum absolute atomic E-state index is 13.2. The zero-order valence-corrected chi connectivity index (χ0v) is 13.1. The first-order chi connectivity index (χ1) is 9.10. The molecule has 2 rings (SSSR count). The van der Waals surface area contributed by atoms with E-state index in [2.05, 4.69) is 42.3 Å². The van der Waals surface area contributed by atoms with Crippen molar-refractivity contribution in [3.05, 3.63) is 62.5 Å². The molecule has 3 nitrogen and oxygen atoms in total. The number of nitrogens with zero attached hydrogens (tertiary/aromatic N) is 1. The lowest BCUT2D eigenvalue weighted by atomic mass is 10.0.